The number of aromatic nitrogens is 2. The molecule has 0 radical (unpaired) electrons. The van der Waals surface area contributed by atoms with Gasteiger partial charge in [-0.25, -0.2) is 0 Å². The predicted molar refractivity (Wildman–Crippen MR) is 66.0 cm³/mol. The maximum atomic E-state index is 4.31. The third kappa shape index (κ3) is 4.62. The van der Waals surface area contributed by atoms with Gasteiger partial charge in [0.05, 0.1) is 11.7 Å². The Balaban J connectivity index is 2.58. The molecule has 1 unspecified atom stereocenters. The van der Waals surface area contributed by atoms with E-state index in [-0.39, 0.29) is 10.8 Å². The van der Waals surface area contributed by atoms with Crippen molar-refractivity contribution in [2.24, 2.45) is 0 Å². The number of hydrogen-bond acceptors (Lipinski definition) is 4. The highest BCUT2D eigenvalue weighted by molar-refractivity contribution is 8.00. The molecule has 0 fully saturated rings. The molecule has 0 spiro atoms. The lowest BCUT2D eigenvalue weighted by Crippen LogP contribution is -2.22. The highest BCUT2D eigenvalue weighted by atomic mass is 32.2. The van der Waals surface area contributed by atoms with Gasteiger partial charge in [-0.2, -0.15) is 11.8 Å². The molecule has 4 heteroatoms. The standard InChI is InChI=1S/C11H19N3S/c1-11(2,3)15-8-10(12-4)9-7-13-5-6-14-9/h5-7,10,12H,8H2,1-4H3. The molecule has 1 heterocycles. The minimum atomic E-state index is 0.280. The first-order chi connectivity index (χ1) is 7.03. The van der Waals surface area contributed by atoms with Crippen LogP contribution in [0.5, 0.6) is 0 Å². The third-order valence-electron chi connectivity index (χ3n) is 1.97. The zero-order chi connectivity index (χ0) is 11.3. The van der Waals surface area contributed by atoms with Crippen LogP contribution in [0.15, 0.2) is 18.6 Å². The highest BCUT2D eigenvalue weighted by Crippen LogP contribution is 2.27. The minimum absolute atomic E-state index is 0.280. The lowest BCUT2D eigenvalue weighted by molar-refractivity contribution is 0.634. The molecule has 0 aliphatic rings. The molecule has 1 rings (SSSR count). The Morgan fingerprint density at radius 1 is 1.40 bits per heavy atom. The van der Waals surface area contributed by atoms with Gasteiger partial charge in [-0.1, -0.05) is 20.8 Å². The number of rotatable bonds is 4. The summed E-state index contributed by atoms with van der Waals surface area (Å²) in [5.74, 6) is 1.01. The fraction of sp³-hybridized carbons (Fsp3) is 0.636. The SMILES string of the molecule is CNC(CSC(C)(C)C)c1cnccn1. The second-order valence-corrected chi connectivity index (χ2v) is 6.24. The molecular weight excluding hydrogens is 206 g/mol. The van der Waals surface area contributed by atoms with Crippen molar-refractivity contribution in [1.82, 2.24) is 15.3 Å². The predicted octanol–water partition coefficient (Wildman–Crippen LogP) is 2.27. The highest BCUT2D eigenvalue weighted by Gasteiger charge is 2.16. The molecule has 1 N–H and O–H groups in total. The molecule has 0 amide bonds. The lowest BCUT2D eigenvalue weighted by atomic mass is 10.2. The molecule has 1 atom stereocenters. The van der Waals surface area contributed by atoms with Gasteiger partial charge < -0.3 is 5.32 Å². The molecule has 1 aromatic rings. The Morgan fingerprint density at radius 3 is 2.60 bits per heavy atom. The monoisotopic (exact) mass is 225 g/mol. The molecule has 0 bridgehead atoms. The van der Waals surface area contributed by atoms with Crippen molar-refractivity contribution in [3.63, 3.8) is 0 Å². The largest absolute Gasteiger partial charge is 0.311 e. The van der Waals surface area contributed by atoms with E-state index >= 15 is 0 Å². The van der Waals surface area contributed by atoms with Crippen molar-refractivity contribution in [2.45, 2.75) is 31.6 Å². The van der Waals surface area contributed by atoms with Gasteiger partial charge in [0.2, 0.25) is 0 Å². The van der Waals surface area contributed by atoms with Crippen molar-refractivity contribution < 1.29 is 0 Å². The van der Waals surface area contributed by atoms with Crippen molar-refractivity contribution in [3.8, 4) is 0 Å². The van der Waals surface area contributed by atoms with E-state index in [0.717, 1.165) is 11.4 Å². The number of nitrogens with zero attached hydrogens (tertiary/aromatic N) is 2. The summed E-state index contributed by atoms with van der Waals surface area (Å²) < 4.78 is 0.289. The van der Waals surface area contributed by atoms with E-state index in [1.807, 2.05) is 25.0 Å². The van der Waals surface area contributed by atoms with Crippen LogP contribution >= 0.6 is 11.8 Å². The average Bonchev–Trinajstić information content (AvgIpc) is 2.19. The van der Waals surface area contributed by atoms with E-state index in [1.165, 1.54) is 0 Å². The Hall–Kier alpha value is -0.610. The van der Waals surface area contributed by atoms with Gasteiger partial charge in [0.15, 0.2) is 0 Å². The molecule has 1 aromatic heterocycles. The van der Waals surface area contributed by atoms with E-state index in [4.69, 9.17) is 0 Å². The van der Waals surface area contributed by atoms with Gasteiger partial charge in [0, 0.05) is 29.1 Å². The summed E-state index contributed by atoms with van der Waals surface area (Å²) in [7, 11) is 1.96. The van der Waals surface area contributed by atoms with Gasteiger partial charge in [-0.05, 0) is 7.05 Å². The molecule has 0 saturated heterocycles. The first kappa shape index (κ1) is 12.5. The Labute approximate surface area is 96.1 Å². The molecule has 3 nitrogen and oxygen atoms in total. The van der Waals surface area contributed by atoms with E-state index in [2.05, 4.69) is 36.1 Å². The van der Waals surface area contributed by atoms with Crippen LogP contribution in [0.1, 0.15) is 32.5 Å². The smallest absolute Gasteiger partial charge is 0.0764 e. The first-order valence-electron chi connectivity index (χ1n) is 5.10. The molecule has 0 saturated carbocycles. The Bertz CT molecular complexity index is 282. The Morgan fingerprint density at radius 2 is 2.13 bits per heavy atom. The molecule has 15 heavy (non-hydrogen) atoms. The maximum absolute atomic E-state index is 4.31. The second kappa shape index (κ2) is 5.47. The molecular formula is C11H19N3S. The van der Waals surface area contributed by atoms with Crippen molar-refractivity contribution in [3.05, 3.63) is 24.3 Å². The van der Waals surface area contributed by atoms with E-state index in [0.29, 0.717) is 0 Å². The lowest BCUT2D eigenvalue weighted by Gasteiger charge is -2.22. The van der Waals surface area contributed by atoms with Crippen LogP contribution in [0.4, 0.5) is 0 Å². The topological polar surface area (TPSA) is 37.8 Å². The van der Waals surface area contributed by atoms with E-state index < -0.39 is 0 Å². The van der Waals surface area contributed by atoms with Crippen LogP contribution in [-0.4, -0.2) is 27.5 Å². The summed E-state index contributed by atoms with van der Waals surface area (Å²) in [5, 5.41) is 3.27. The van der Waals surface area contributed by atoms with Crippen molar-refractivity contribution in [2.75, 3.05) is 12.8 Å². The molecule has 84 valence electrons. The first-order valence-corrected chi connectivity index (χ1v) is 6.08. The molecule has 0 aromatic carbocycles. The van der Waals surface area contributed by atoms with Gasteiger partial charge in [-0.15, -0.1) is 0 Å². The van der Waals surface area contributed by atoms with Crippen molar-refractivity contribution >= 4 is 11.8 Å². The summed E-state index contributed by atoms with van der Waals surface area (Å²) in [5.41, 5.74) is 1.01. The maximum Gasteiger partial charge on any atom is 0.0764 e. The van der Waals surface area contributed by atoms with Crippen LogP contribution in [0, 0.1) is 0 Å². The van der Waals surface area contributed by atoms with Gasteiger partial charge in [0.1, 0.15) is 0 Å². The summed E-state index contributed by atoms with van der Waals surface area (Å²) >= 11 is 1.93. The third-order valence-corrected chi connectivity index (χ3v) is 3.34. The van der Waals surface area contributed by atoms with Crippen LogP contribution in [-0.2, 0) is 0 Å². The van der Waals surface area contributed by atoms with Crippen LogP contribution < -0.4 is 5.32 Å². The number of hydrogen-bond donors (Lipinski definition) is 1. The minimum Gasteiger partial charge on any atom is -0.311 e. The normalized spacial score (nSPS) is 13.9. The van der Waals surface area contributed by atoms with E-state index in [1.54, 1.807) is 12.4 Å². The quantitative estimate of drug-likeness (QED) is 0.853. The van der Waals surface area contributed by atoms with Crippen molar-refractivity contribution in [1.29, 1.82) is 0 Å². The van der Waals surface area contributed by atoms with Crippen LogP contribution in [0.2, 0.25) is 0 Å². The van der Waals surface area contributed by atoms with Gasteiger partial charge in [-0.3, -0.25) is 9.97 Å². The summed E-state index contributed by atoms with van der Waals surface area (Å²) in [6, 6.07) is 0.280. The fourth-order valence-corrected chi connectivity index (χ4v) is 2.14. The summed E-state index contributed by atoms with van der Waals surface area (Å²) in [4.78, 5) is 8.40. The average molecular weight is 225 g/mol. The molecule has 0 aliphatic carbocycles. The number of thioether (sulfide) groups is 1. The zero-order valence-corrected chi connectivity index (χ0v) is 10.6. The van der Waals surface area contributed by atoms with Gasteiger partial charge >= 0.3 is 0 Å². The zero-order valence-electron chi connectivity index (χ0n) is 9.82. The van der Waals surface area contributed by atoms with E-state index in [9.17, 15) is 0 Å². The summed E-state index contributed by atoms with van der Waals surface area (Å²) in [6.45, 7) is 6.67. The Kier molecular flexibility index (Phi) is 4.54. The number of nitrogens with one attached hydrogen (secondary N) is 1. The molecule has 0 aliphatic heterocycles. The van der Waals surface area contributed by atoms with Crippen LogP contribution in [0.25, 0.3) is 0 Å². The van der Waals surface area contributed by atoms with Crippen LogP contribution in [0.3, 0.4) is 0 Å². The van der Waals surface area contributed by atoms with Gasteiger partial charge in [0.25, 0.3) is 0 Å². The second-order valence-electron chi connectivity index (χ2n) is 4.39. The summed E-state index contributed by atoms with van der Waals surface area (Å²) in [6.07, 6.45) is 5.26. The fourth-order valence-electron chi connectivity index (χ4n) is 1.14.